The first-order valence-electron chi connectivity index (χ1n) is 10.2. The van der Waals surface area contributed by atoms with Crippen LogP contribution in [0.15, 0.2) is 48.5 Å². The SMILES string of the molecule is COc1ccccc1C(=O)N1CCC[C@H](c2nnc(C(=O)Nc3ccc(C)cc3)s2)C1. The number of amides is 2. The predicted octanol–water partition coefficient (Wildman–Crippen LogP) is 4.13. The van der Waals surface area contributed by atoms with E-state index in [4.69, 9.17) is 4.74 Å². The molecule has 0 radical (unpaired) electrons. The van der Waals surface area contributed by atoms with E-state index in [9.17, 15) is 9.59 Å². The maximum atomic E-state index is 13.0. The van der Waals surface area contributed by atoms with Gasteiger partial charge < -0.3 is 15.0 Å². The largest absolute Gasteiger partial charge is 0.496 e. The van der Waals surface area contributed by atoms with Crippen LogP contribution < -0.4 is 10.1 Å². The number of aryl methyl sites for hydroxylation is 1. The van der Waals surface area contributed by atoms with Crippen molar-refractivity contribution in [2.75, 3.05) is 25.5 Å². The fraction of sp³-hybridized carbons (Fsp3) is 0.304. The Morgan fingerprint density at radius 2 is 1.90 bits per heavy atom. The summed E-state index contributed by atoms with van der Waals surface area (Å²) in [5, 5.41) is 12.3. The molecule has 4 rings (SSSR count). The lowest BCUT2D eigenvalue weighted by molar-refractivity contribution is 0.0703. The van der Waals surface area contributed by atoms with Crippen molar-refractivity contribution in [2.45, 2.75) is 25.7 Å². The lowest BCUT2D eigenvalue weighted by Crippen LogP contribution is -2.39. The first-order chi connectivity index (χ1) is 15.0. The Hall–Kier alpha value is -3.26. The molecule has 2 aromatic carbocycles. The number of nitrogens with one attached hydrogen (secondary N) is 1. The second kappa shape index (κ2) is 9.26. The van der Waals surface area contributed by atoms with Crippen LogP contribution in [0.2, 0.25) is 0 Å². The van der Waals surface area contributed by atoms with Crippen molar-refractivity contribution in [2.24, 2.45) is 0 Å². The van der Waals surface area contributed by atoms with Crippen LogP contribution in [-0.2, 0) is 0 Å². The van der Waals surface area contributed by atoms with Gasteiger partial charge in [0.15, 0.2) is 0 Å². The standard InChI is InChI=1S/C23H24N4O3S/c1-15-9-11-17(12-10-15)24-20(28)22-26-25-21(31-22)16-6-5-13-27(14-16)23(29)18-7-3-4-8-19(18)30-2/h3-4,7-12,16H,5-6,13-14H2,1-2H3,(H,24,28)/t16-/m0/s1. The van der Waals surface area contributed by atoms with E-state index < -0.39 is 0 Å². The lowest BCUT2D eigenvalue weighted by atomic mass is 9.98. The van der Waals surface area contributed by atoms with Gasteiger partial charge in [-0.15, -0.1) is 10.2 Å². The number of para-hydroxylation sites is 1. The smallest absolute Gasteiger partial charge is 0.286 e. The minimum Gasteiger partial charge on any atom is -0.496 e. The van der Waals surface area contributed by atoms with Crippen LogP contribution in [0.25, 0.3) is 0 Å². The number of likely N-dealkylation sites (tertiary alicyclic amines) is 1. The molecule has 1 atom stereocenters. The summed E-state index contributed by atoms with van der Waals surface area (Å²) >= 11 is 1.29. The van der Waals surface area contributed by atoms with E-state index in [1.807, 2.05) is 48.2 Å². The zero-order valence-electron chi connectivity index (χ0n) is 17.5. The molecular formula is C23H24N4O3S. The van der Waals surface area contributed by atoms with E-state index in [1.165, 1.54) is 11.3 Å². The highest BCUT2D eigenvalue weighted by atomic mass is 32.1. The number of ether oxygens (including phenoxy) is 1. The normalized spacial score (nSPS) is 16.1. The third kappa shape index (κ3) is 4.74. The molecule has 0 bridgehead atoms. The predicted molar refractivity (Wildman–Crippen MR) is 120 cm³/mol. The van der Waals surface area contributed by atoms with Crippen molar-refractivity contribution in [1.82, 2.24) is 15.1 Å². The second-order valence-electron chi connectivity index (χ2n) is 7.56. The fourth-order valence-electron chi connectivity index (χ4n) is 3.67. The maximum absolute atomic E-state index is 13.0. The number of hydrogen-bond acceptors (Lipinski definition) is 6. The third-order valence-corrected chi connectivity index (χ3v) is 6.42. The van der Waals surface area contributed by atoms with Crippen molar-refractivity contribution in [3.8, 4) is 5.75 Å². The van der Waals surface area contributed by atoms with Gasteiger partial charge in [-0.3, -0.25) is 9.59 Å². The average Bonchev–Trinajstić information content (AvgIpc) is 3.31. The van der Waals surface area contributed by atoms with Gasteiger partial charge in [-0.2, -0.15) is 0 Å². The Morgan fingerprint density at radius 3 is 2.68 bits per heavy atom. The average molecular weight is 437 g/mol. The van der Waals surface area contributed by atoms with E-state index in [-0.39, 0.29) is 17.7 Å². The van der Waals surface area contributed by atoms with Crippen LogP contribution in [-0.4, -0.2) is 47.1 Å². The van der Waals surface area contributed by atoms with Crippen LogP contribution >= 0.6 is 11.3 Å². The summed E-state index contributed by atoms with van der Waals surface area (Å²) < 4.78 is 5.34. The molecule has 1 aliphatic rings. The molecule has 0 unspecified atom stereocenters. The van der Waals surface area contributed by atoms with Crippen molar-refractivity contribution in [3.05, 3.63) is 69.7 Å². The summed E-state index contributed by atoms with van der Waals surface area (Å²) in [4.78, 5) is 27.4. The van der Waals surface area contributed by atoms with Gasteiger partial charge in [-0.05, 0) is 44.0 Å². The van der Waals surface area contributed by atoms with Crippen molar-refractivity contribution >= 4 is 28.8 Å². The van der Waals surface area contributed by atoms with Crippen LogP contribution in [0, 0.1) is 6.92 Å². The Labute approximate surface area is 185 Å². The number of anilines is 1. The molecule has 0 spiro atoms. The molecule has 1 N–H and O–H groups in total. The first-order valence-corrected chi connectivity index (χ1v) is 11.0. The van der Waals surface area contributed by atoms with Gasteiger partial charge in [0.05, 0.1) is 12.7 Å². The van der Waals surface area contributed by atoms with Gasteiger partial charge in [0.1, 0.15) is 10.8 Å². The van der Waals surface area contributed by atoms with Crippen LogP contribution in [0.5, 0.6) is 5.75 Å². The van der Waals surface area contributed by atoms with Gasteiger partial charge in [0, 0.05) is 24.7 Å². The van der Waals surface area contributed by atoms with E-state index in [0.29, 0.717) is 29.4 Å². The Morgan fingerprint density at radius 1 is 1.13 bits per heavy atom. The number of rotatable bonds is 5. The quantitative estimate of drug-likeness (QED) is 0.650. The summed E-state index contributed by atoms with van der Waals surface area (Å²) in [7, 11) is 1.57. The molecular weight excluding hydrogens is 412 g/mol. The molecule has 0 saturated carbocycles. The second-order valence-corrected chi connectivity index (χ2v) is 8.57. The summed E-state index contributed by atoms with van der Waals surface area (Å²) in [6, 6.07) is 14.9. The summed E-state index contributed by atoms with van der Waals surface area (Å²) in [6.07, 6.45) is 1.78. The zero-order valence-corrected chi connectivity index (χ0v) is 18.3. The third-order valence-electron chi connectivity index (χ3n) is 5.34. The molecule has 1 saturated heterocycles. The van der Waals surface area contributed by atoms with Crippen molar-refractivity contribution < 1.29 is 14.3 Å². The highest BCUT2D eigenvalue weighted by Crippen LogP contribution is 2.31. The molecule has 7 nitrogen and oxygen atoms in total. The molecule has 3 aromatic rings. The van der Waals surface area contributed by atoms with Gasteiger partial charge in [-0.25, -0.2) is 0 Å². The summed E-state index contributed by atoms with van der Waals surface area (Å²) in [5.74, 6) is 0.306. The number of benzene rings is 2. The van der Waals surface area contributed by atoms with E-state index >= 15 is 0 Å². The van der Waals surface area contributed by atoms with Crippen molar-refractivity contribution in [1.29, 1.82) is 0 Å². The molecule has 160 valence electrons. The van der Waals surface area contributed by atoms with Gasteiger partial charge >= 0.3 is 0 Å². The highest BCUT2D eigenvalue weighted by Gasteiger charge is 2.29. The highest BCUT2D eigenvalue weighted by molar-refractivity contribution is 7.13. The molecule has 1 aromatic heterocycles. The number of methoxy groups -OCH3 is 1. The lowest BCUT2D eigenvalue weighted by Gasteiger charge is -2.32. The number of nitrogens with zero attached hydrogens (tertiary/aromatic N) is 3. The molecule has 8 heteroatoms. The zero-order chi connectivity index (χ0) is 21.8. The molecule has 31 heavy (non-hydrogen) atoms. The Bertz CT molecular complexity index is 1080. The van der Waals surface area contributed by atoms with E-state index in [0.717, 1.165) is 29.1 Å². The summed E-state index contributed by atoms with van der Waals surface area (Å²) in [6.45, 7) is 3.23. The minimum absolute atomic E-state index is 0.0518. The van der Waals surface area contributed by atoms with Crippen LogP contribution in [0.1, 0.15) is 49.5 Å². The minimum atomic E-state index is -0.273. The van der Waals surface area contributed by atoms with Crippen LogP contribution in [0.3, 0.4) is 0 Å². The van der Waals surface area contributed by atoms with Gasteiger partial charge in [-0.1, -0.05) is 41.2 Å². The Kier molecular flexibility index (Phi) is 6.27. The van der Waals surface area contributed by atoms with Gasteiger partial charge in [0.25, 0.3) is 11.8 Å². The molecule has 1 aliphatic heterocycles. The fourth-order valence-corrected chi connectivity index (χ4v) is 4.53. The Balaban J connectivity index is 1.44. The van der Waals surface area contributed by atoms with E-state index in [1.54, 1.807) is 19.2 Å². The van der Waals surface area contributed by atoms with E-state index in [2.05, 4.69) is 15.5 Å². The molecule has 1 fully saturated rings. The monoisotopic (exact) mass is 436 g/mol. The number of aromatic nitrogens is 2. The maximum Gasteiger partial charge on any atom is 0.286 e. The van der Waals surface area contributed by atoms with Gasteiger partial charge in [0.2, 0.25) is 5.01 Å². The number of carbonyl (C=O) groups is 2. The molecule has 0 aliphatic carbocycles. The molecule has 2 amide bonds. The summed E-state index contributed by atoms with van der Waals surface area (Å²) in [5.41, 5.74) is 2.40. The number of piperidine rings is 1. The first kappa shape index (κ1) is 21.0. The topological polar surface area (TPSA) is 84.4 Å². The number of hydrogen-bond donors (Lipinski definition) is 1. The number of carbonyl (C=O) groups excluding carboxylic acids is 2. The molecule has 2 heterocycles. The van der Waals surface area contributed by atoms with Crippen LogP contribution in [0.4, 0.5) is 5.69 Å². The van der Waals surface area contributed by atoms with Crippen molar-refractivity contribution in [3.63, 3.8) is 0 Å².